The first-order valence-corrected chi connectivity index (χ1v) is 8.99. The summed E-state index contributed by atoms with van der Waals surface area (Å²) in [5.41, 5.74) is -1.01. The van der Waals surface area contributed by atoms with E-state index < -0.39 is 45.9 Å². The number of halogens is 4. The molecule has 0 aliphatic heterocycles. The van der Waals surface area contributed by atoms with Crippen molar-refractivity contribution >= 4 is 15.5 Å². The maximum absolute atomic E-state index is 13.7. The van der Waals surface area contributed by atoms with Gasteiger partial charge in [0.1, 0.15) is 11.5 Å². The predicted octanol–water partition coefficient (Wildman–Crippen LogP) is 3.74. The van der Waals surface area contributed by atoms with E-state index in [0.29, 0.717) is 5.56 Å². The SMILES string of the molecule is O=S(=O)(CC(=NCc1ccco1)C(F)(F)C(F)F)Cc1ccccc1. The predicted molar refractivity (Wildman–Crippen MR) is 84.7 cm³/mol. The number of alkyl halides is 4. The molecule has 2 aromatic rings. The lowest BCUT2D eigenvalue weighted by Gasteiger charge is -2.18. The standard InChI is InChI=1S/C16H15F4NO3S/c17-15(18)16(19,20)14(21-9-13-7-4-8-24-13)11-25(22,23)10-12-5-2-1-3-6-12/h1-8,15H,9-11H2. The van der Waals surface area contributed by atoms with Crippen LogP contribution in [0.3, 0.4) is 0 Å². The largest absolute Gasteiger partial charge is 0.467 e. The summed E-state index contributed by atoms with van der Waals surface area (Å²) in [4.78, 5) is 3.40. The molecule has 1 aromatic carbocycles. The van der Waals surface area contributed by atoms with Gasteiger partial charge in [0.05, 0.1) is 24.3 Å². The van der Waals surface area contributed by atoms with Crippen LogP contribution < -0.4 is 0 Å². The summed E-state index contributed by atoms with van der Waals surface area (Å²) in [6.07, 6.45) is -2.79. The summed E-state index contributed by atoms with van der Waals surface area (Å²) < 4.78 is 82.0. The third-order valence-corrected chi connectivity index (χ3v) is 4.74. The lowest BCUT2D eigenvalue weighted by molar-refractivity contribution is -0.0753. The zero-order chi connectivity index (χ0) is 18.5. The van der Waals surface area contributed by atoms with E-state index in [0.717, 1.165) is 0 Å². The average Bonchev–Trinajstić information content (AvgIpc) is 3.05. The lowest BCUT2D eigenvalue weighted by atomic mass is 10.2. The van der Waals surface area contributed by atoms with Crippen LogP contribution in [0.4, 0.5) is 17.6 Å². The smallest absolute Gasteiger partial charge is 0.345 e. The third-order valence-electron chi connectivity index (χ3n) is 3.25. The van der Waals surface area contributed by atoms with E-state index in [1.54, 1.807) is 18.2 Å². The van der Waals surface area contributed by atoms with Crippen molar-refractivity contribution in [2.75, 3.05) is 5.75 Å². The molecule has 0 aliphatic carbocycles. The molecule has 0 fully saturated rings. The number of furan rings is 1. The Morgan fingerprint density at radius 2 is 1.80 bits per heavy atom. The highest BCUT2D eigenvalue weighted by atomic mass is 32.2. The second kappa shape index (κ2) is 7.81. The molecule has 0 unspecified atom stereocenters. The van der Waals surface area contributed by atoms with Gasteiger partial charge in [-0.2, -0.15) is 8.78 Å². The van der Waals surface area contributed by atoms with Crippen molar-refractivity contribution in [1.29, 1.82) is 0 Å². The first-order chi connectivity index (χ1) is 11.7. The fourth-order valence-electron chi connectivity index (χ4n) is 2.04. The Kier molecular flexibility index (Phi) is 5.99. The molecule has 0 spiro atoms. The molecule has 0 atom stereocenters. The molecule has 0 amide bonds. The number of sulfone groups is 1. The Morgan fingerprint density at radius 3 is 2.36 bits per heavy atom. The second-order valence-corrected chi connectivity index (χ2v) is 7.35. The topological polar surface area (TPSA) is 59.6 Å². The summed E-state index contributed by atoms with van der Waals surface area (Å²) in [6, 6.07) is 10.7. The van der Waals surface area contributed by atoms with Gasteiger partial charge in [-0.25, -0.2) is 17.2 Å². The molecular weight excluding hydrogens is 362 g/mol. The summed E-state index contributed by atoms with van der Waals surface area (Å²) >= 11 is 0. The van der Waals surface area contributed by atoms with Crippen LogP contribution in [-0.4, -0.2) is 32.2 Å². The maximum atomic E-state index is 13.7. The van der Waals surface area contributed by atoms with Crippen molar-refractivity contribution < 1.29 is 30.4 Å². The lowest BCUT2D eigenvalue weighted by Crippen LogP contribution is -2.41. The average molecular weight is 377 g/mol. The van der Waals surface area contributed by atoms with Gasteiger partial charge in [0.25, 0.3) is 0 Å². The van der Waals surface area contributed by atoms with Crippen molar-refractivity contribution in [3.8, 4) is 0 Å². The minimum absolute atomic E-state index is 0.156. The first kappa shape index (κ1) is 19.2. The number of aliphatic imine (C=N–C) groups is 1. The maximum Gasteiger partial charge on any atom is 0.345 e. The number of hydrogen-bond acceptors (Lipinski definition) is 4. The van der Waals surface area contributed by atoms with Crippen molar-refractivity contribution in [2.24, 2.45) is 4.99 Å². The van der Waals surface area contributed by atoms with Crippen molar-refractivity contribution in [2.45, 2.75) is 24.6 Å². The fraction of sp³-hybridized carbons (Fsp3) is 0.312. The molecule has 1 aromatic heterocycles. The van der Waals surface area contributed by atoms with Crippen LogP contribution in [-0.2, 0) is 22.1 Å². The molecule has 0 saturated carbocycles. The van der Waals surface area contributed by atoms with Gasteiger partial charge in [-0.15, -0.1) is 0 Å². The molecule has 4 nitrogen and oxygen atoms in total. The van der Waals surface area contributed by atoms with Gasteiger partial charge < -0.3 is 4.42 Å². The first-order valence-electron chi connectivity index (χ1n) is 7.17. The molecule has 1 heterocycles. The van der Waals surface area contributed by atoms with E-state index in [9.17, 15) is 26.0 Å². The van der Waals surface area contributed by atoms with E-state index in [2.05, 4.69) is 4.99 Å². The summed E-state index contributed by atoms with van der Waals surface area (Å²) in [5, 5.41) is 0. The molecule has 136 valence electrons. The van der Waals surface area contributed by atoms with Gasteiger partial charge in [0, 0.05) is 0 Å². The molecule has 0 aliphatic rings. The minimum Gasteiger partial charge on any atom is -0.467 e. The molecular formula is C16H15F4NO3S. The van der Waals surface area contributed by atoms with Crippen molar-refractivity contribution in [3.63, 3.8) is 0 Å². The second-order valence-electron chi connectivity index (χ2n) is 5.28. The van der Waals surface area contributed by atoms with Crippen LogP contribution >= 0.6 is 0 Å². The monoisotopic (exact) mass is 377 g/mol. The molecule has 0 radical (unpaired) electrons. The number of rotatable bonds is 8. The zero-order valence-electron chi connectivity index (χ0n) is 12.9. The fourth-order valence-corrected chi connectivity index (χ4v) is 3.54. The van der Waals surface area contributed by atoms with E-state index in [1.807, 2.05) is 0 Å². The molecule has 0 saturated heterocycles. The van der Waals surface area contributed by atoms with E-state index >= 15 is 0 Å². The van der Waals surface area contributed by atoms with Crippen molar-refractivity contribution in [1.82, 2.24) is 0 Å². The highest BCUT2D eigenvalue weighted by molar-refractivity contribution is 7.91. The van der Waals surface area contributed by atoms with Gasteiger partial charge in [-0.05, 0) is 17.7 Å². The molecule has 2 rings (SSSR count). The third kappa shape index (κ3) is 5.42. The summed E-state index contributed by atoms with van der Waals surface area (Å²) in [6.45, 7) is -0.453. The normalized spacial score (nSPS) is 13.4. The van der Waals surface area contributed by atoms with Crippen LogP contribution in [0.2, 0.25) is 0 Å². The zero-order valence-corrected chi connectivity index (χ0v) is 13.7. The van der Waals surface area contributed by atoms with Crippen LogP contribution in [0.1, 0.15) is 11.3 Å². The van der Waals surface area contributed by atoms with E-state index in [1.165, 1.54) is 30.5 Å². The van der Waals surface area contributed by atoms with Gasteiger partial charge >= 0.3 is 12.3 Å². The molecule has 25 heavy (non-hydrogen) atoms. The summed E-state index contributed by atoms with van der Waals surface area (Å²) in [7, 11) is -4.12. The van der Waals surface area contributed by atoms with Crippen LogP contribution in [0.5, 0.6) is 0 Å². The number of benzene rings is 1. The molecule has 0 N–H and O–H groups in total. The minimum atomic E-state index is -4.64. The van der Waals surface area contributed by atoms with Crippen LogP contribution in [0, 0.1) is 0 Å². The number of nitrogens with zero attached hydrogens (tertiary/aromatic N) is 1. The highest BCUT2D eigenvalue weighted by Crippen LogP contribution is 2.26. The van der Waals surface area contributed by atoms with Gasteiger partial charge in [-0.1, -0.05) is 30.3 Å². The van der Waals surface area contributed by atoms with Gasteiger partial charge in [0.15, 0.2) is 9.84 Å². The Balaban J connectivity index is 2.24. The highest BCUT2D eigenvalue weighted by Gasteiger charge is 2.47. The molecule has 0 bridgehead atoms. The van der Waals surface area contributed by atoms with E-state index in [4.69, 9.17) is 4.42 Å². The molecule has 9 heteroatoms. The Morgan fingerprint density at radius 1 is 1.12 bits per heavy atom. The Bertz CT molecular complexity index is 803. The Hall–Kier alpha value is -2.16. The Labute approximate surface area is 142 Å². The van der Waals surface area contributed by atoms with Crippen LogP contribution in [0.25, 0.3) is 0 Å². The van der Waals surface area contributed by atoms with Gasteiger partial charge in [0.2, 0.25) is 0 Å². The number of hydrogen-bond donors (Lipinski definition) is 0. The van der Waals surface area contributed by atoms with E-state index in [-0.39, 0.29) is 5.76 Å². The van der Waals surface area contributed by atoms with Crippen molar-refractivity contribution in [3.05, 3.63) is 60.1 Å². The van der Waals surface area contributed by atoms with Gasteiger partial charge in [-0.3, -0.25) is 4.99 Å². The van der Waals surface area contributed by atoms with Crippen LogP contribution in [0.15, 0.2) is 58.1 Å². The summed E-state index contributed by atoms with van der Waals surface area (Å²) in [5.74, 6) is -6.30. The quantitative estimate of drug-likeness (QED) is 0.520.